The summed E-state index contributed by atoms with van der Waals surface area (Å²) in [6.45, 7) is 2.33. The van der Waals surface area contributed by atoms with Gasteiger partial charge in [-0.2, -0.15) is 0 Å². The van der Waals surface area contributed by atoms with Crippen LogP contribution in [-0.2, 0) is 0 Å². The van der Waals surface area contributed by atoms with Crippen LogP contribution in [0.2, 0.25) is 0 Å². The second-order valence-electron chi connectivity index (χ2n) is 3.84. The summed E-state index contributed by atoms with van der Waals surface area (Å²) >= 11 is 0. The van der Waals surface area contributed by atoms with Gasteiger partial charge in [-0.15, -0.1) is 0 Å². The molecule has 0 bridgehead atoms. The van der Waals surface area contributed by atoms with Gasteiger partial charge in [-0.3, -0.25) is 4.90 Å². The normalized spacial score (nSPS) is 12.7. The highest BCUT2D eigenvalue weighted by molar-refractivity contribution is 4.63. The van der Waals surface area contributed by atoms with E-state index in [9.17, 15) is 0 Å². The van der Waals surface area contributed by atoms with Crippen LogP contribution in [0.5, 0.6) is 0 Å². The number of nitrogens with zero attached hydrogens (tertiary/aromatic N) is 1. The third kappa shape index (κ3) is 11.9. The first kappa shape index (κ1) is 16.7. The second-order valence-corrected chi connectivity index (χ2v) is 3.84. The van der Waals surface area contributed by atoms with E-state index in [0.717, 1.165) is 0 Å². The van der Waals surface area contributed by atoms with Gasteiger partial charge >= 0.3 is 0 Å². The molecule has 8 nitrogen and oxygen atoms in total. The topological polar surface area (TPSA) is 142 Å². The van der Waals surface area contributed by atoms with E-state index in [-0.39, 0.29) is 19.5 Å². The van der Waals surface area contributed by atoms with E-state index < -0.39 is 12.3 Å². The van der Waals surface area contributed by atoms with Crippen molar-refractivity contribution in [2.75, 3.05) is 39.3 Å². The Labute approximate surface area is 100 Å². The van der Waals surface area contributed by atoms with Crippen LogP contribution in [0.15, 0.2) is 0 Å². The van der Waals surface area contributed by atoms with Gasteiger partial charge in [0.25, 0.3) is 5.97 Å². The number of rotatable bonds is 10. The minimum Gasteiger partial charge on any atom is -0.367 e. The number of nitrogens with one attached hydrogen (secondary N) is 1. The van der Waals surface area contributed by atoms with Gasteiger partial charge < -0.3 is 36.6 Å². The lowest BCUT2D eigenvalue weighted by Crippen LogP contribution is -2.41. The quantitative estimate of drug-likeness (QED) is 0.155. The molecule has 0 aromatic carbocycles. The van der Waals surface area contributed by atoms with Crippen LogP contribution in [-0.4, -0.2) is 82.0 Å². The highest BCUT2D eigenvalue weighted by Crippen LogP contribution is 2.02. The summed E-state index contributed by atoms with van der Waals surface area (Å²) in [6.07, 6.45) is -1.80. The molecule has 8 N–H and O–H groups in total. The second kappa shape index (κ2) is 8.72. The Kier molecular flexibility index (Phi) is 8.56. The van der Waals surface area contributed by atoms with Crippen LogP contribution in [0.3, 0.4) is 0 Å². The number of hydrogen-bond acceptors (Lipinski definition) is 8. The van der Waals surface area contributed by atoms with E-state index in [2.05, 4.69) is 5.32 Å². The standard InChI is InChI=1S/C9H23N3O5/c10-2-3-11-4-6-12(7-8(13)14)5-1-9(15,16)17/h8,11,13-17H,1-7,10H2. The molecular weight excluding hydrogens is 230 g/mol. The Morgan fingerprint density at radius 2 is 1.76 bits per heavy atom. The molecule has 0 atom stereocenters. The molecule has 0 aliphatic heterocycles. The van der Waals surface area contributed by atoms with Crippen molar-refractivity contribution in [3.8, 4) is 0 Å². The van der Waals surface area contributed by atoms with E-state index >= 15 is 0 Å². The van der Waals surface area contributed by atoms with Gasteiger partial charge in [0.05, 0.1) is 0 Å². The molecule has 0 rings (SSSR count). The zero-order valence-electron chi connectivity index (χ0n) is 9.79. The maximum atomic E-state index is 8.84. The first-order valence-corrected chi connectivity index (χ1v) is 5.51. The molecule has 0 aromatic rings. The van der Waals surface area contributed by atoms with Crippen molar-refractivity contribution in [2.24, 2.45) is 5.73 Å². The van der Waals surface area contributed by atoms with Crippen LogP contribution in [0.25, 0.3) is 0 Å². The van der Waals surface area contributed by atoms with Gasteiger partial charge in [-0.25, -0.2) is 0 Å². The predicted molar refractivity (Wildman–Crippen MR) is 60.6 cm³/mol. The summed E-state index contributed by atoms with van der Waals surface area (Å²) < 4.78 is 0. The molecule has 0 saturated carbocycles. The SMILES string of the molecule is NCCNCCN(CCC(O)(O)O)CC(O)O. The van der Waals surface area contributed by atoms with Crippen LogP contribution >= 0.6 is 0 Å². The molecule has 0 unspecified atom stereocenters. The molecule has 0 fully saturated rings. The average Bonchev–Trinajstić information content (AvgIpc) is 2.18. The molecular formula is C9H23N3O5. The summed E-state index contributed by atoms with van der Waals surface area (Å²) in [5.41, 5.74) is 5.29. The van der Waals surface area contributed by atoms with Crippen LogP contribution in [0.1, 0.15) is 6.42 Å². The lowest BCUT2D eigenvalue weighted by molar-refractivity contribution is -0.315. The fraction of sp³-hybridized carbons (Fsp3) is 1.00. The maximum absolute atomic E-state index is 8.84. The summed E-state index contributed by atoms with van der Waals surface area (Å²) in [6, 6.07) is 0. The van der Waals surface area contributed by atoms with Crippen LogP contribution in [0, 0.1) is 0 Å². The number of hydrogen-bond donors (Lipinski definition) is 7. The summed E-state index contributed by atoms with van der Waals surface area (Å²) in [7, 11) is 0. The Morgan fingerprint density at radius 3 is 2.24 bits per heavy atom. The van der Waals surface area contributed by atoms with Gasteiger partial charge in [-0.1, -0.05) is 0 Å². The molecule has 104 valence electrons. The zero-order chi connectivity index (χ0) is 13.3. The van der Waals surface area contributed by atoms with E-state index in [0.29, 0.717) is 26.2 Å². The first-order valence-electron chi connectivity index (χ1n) is 5.51. The molecule has 8 heteroatoms. The summed E-state index contributed by atoms with van der Waals surface area (Å²) in [5.74, 6) is -2.73. The van der Waals surface area contributed by atoms with Gasteiger partial charge in [0.2, 0.25) is 0 Å². The molecule has 0 amide bonds. The van der Waals surface area contributed by atoms with E-state index in [1.54, 1.807) is 4.90 Å². The molecule has 0 saturated heterocycles. The van der Waals surface area contributed by atoms with Crippen molar-refractivity contribution in [3.63, 3.8) is 0 Å². The first-order chi connectivity index (χ1) is 7.85. The Balaban J connectivity index is 3.88. The van der Waals surface area contributed by atoms with Crippen molar-refractivity contribution in [1.29, 1.82) is 0 Å². The predicted octanol–water partition coefficient (Wildman–Crippen LogP) is -3.83. The number of aliphatic hydroxyl groups excluding tert-OH is 1. The average molecular weight is 253 g/mol. The van der Waals surface area contributed by atoms with Crippen molar-refractivity contribution in [2.45, 2.75) is 18.7 Å². The molecule has 0 spiro atoms. The molecule has 0 heterocycles. The number of nitrogens with two attached hydrogens (primary N) is 1. The van der Waals surface area contributed by atoms with E-state index in [1.807, 2.05) is 0 Å². The van der Waals surface area contributed by atoms with Crippen LogP contribution < -0.4 is 11.1 Å². The Morgan fingerprint density at radius 1 is 1.12 bits per heavy atom. The van der Waals surface area contributed by atoms with E-state index in [4.69, 9.17) is 31.3 Å². The lowest BCUT2D eigenvalue weighted by atomic mass is 10.3. The van der Waals surface area contributed by atoms with E-state index in [1.165, 1.54) is 0 Å². The van der Waals surface area contributed by atoms with Gasteiger partial charge in [0.15, 0.2) is 6.29 Å². The molecule has 0 aliphatic carbocycles. The monoisotopic (exact) mass is 253 g/mol. The van der Waals surface area contributed by atoms with Crippen LogP contribution in [0.4, 0.5) is 0 Å². The largest absolute Gasteiger partial charge is 0.367 e. The fourth-order valence-electron chi connectivity index (χ4n) is 1.30. The summed E-state index contributed by atoms with van der Waals surface area (Å²) in [4.78, 5) is 1.59. The maximum Gasteiger partial charge on any atom is 0.276 e. The third-order valence-electron chi connectivity index (χ3n) is 2.11. The number of aliphatic hydroxyl groups is 5. The summed E-state index contributed by atoms with van der Waals surface area (Å²) in [5, 5.41) is 46.9. The fourth-order valence-corrected chi connectivity index (χ4v) is 1.30. The molecule has 17 heavy (non-hydrogen) atoms. The highest BCUT2D eigenvalue weighted by atomic mass is 16.7. The smallest absolute Gasteiger partial charge is 0.276 e. The van der Waals surface area contributed by atoms with Crippen molar-refractivity contribution < 1.29 is 25.5 Å². The minimum absolute atomic E-state index is 0.0274. The Bertz CT molecular complexity index is 186. The van der Waals surface area contributed by atoms with Crippen molar-refractivity contribution in [3.05, 3.63) is 0 Å². The zero-order valence-corrected chi connectivity index (χ0v) is 9.79. The van der Waals surface area contributed by atoms with Gasteiger partial charge in [-0.05, 0) is 0 Å². The molecule has 0 aromatic heterocycles. The van der Waals surface area contributed by atoms with Gasteiger partial charge in [0.1, 0.15) is 0 Å². The van der Waals surface area contributed by atoms with Crippen molar-refractivity contribution >= 4 is 0 Å². The Hall–Kier alpha value is -0.320. The lowest BCUT2D eigenvalue weighted by Gasteiger charge is -2.25. The van der Waals surface area contributed by atoms with Gasteiger partial charge in [0, 0.05) is 45.7 Å². The molecule has 0 aliphatic rings. The molecule has 0 radical (unpaired) electrons. The van der Waals surface area contributed by atoms with Crippen molar-refractivity contribution in [1.82, 2.24) is 10.2 Å². The third-order valence-corrected chi connectivity index (χ3v) is 2.11. The minimum atomic E-state index is -2.73. The highest BCUT2D eigenvalue weighted by Gasteiger charge is 2.20.